The van der Waals surface area contributed by atoms with Gasteiger partial charge in [-0.1, -0.05) is 18.0 Å². The minimum absolute atomic E-state index is 0.0773. The van der Waals surface area contributed by atoms with Gasteiger partial charge in [0.05, 0.1) is 5.92 Å². The normalized spacial score (nSPS) is 23.6. The standard InChI is InChI=1S/C13H13ClO3/c14-9-6-4-8(5-7-9)12(15)10-2-1-3-11(10)13(16)17/h4-7,10-11H,1-3H2,(H,16,17)/t10-,11+/m1/s1. The first kappa shape index (κ1) is 12.1. The maximum absolute atomic E-state index is 12.2. The Bertz CT molecular complexity index is 438. The molecule has 1 aliphatic carbocycles. The van der Waals surface area contributed by atoms with E-state index in [0.717, 1.165) is 6.42 Å². The second kappa shape index (κ2) is 4.88. The van der Waals surface area contributed by atoms with Gasteiger partial charge in [-0.05, 0) is 37.1 Å². The van der Waals surface area contributed by atoms with Gasteiger partial charge < -0.3 is 5.11 Å². The van der Waals surface area contributed by atoms with E-state index in [9.17, 15) is 9.59 Å². The molecular formula is C13H13ClO3. The molecule has 0 unspecified atom stereocenters. The summed E-state index contributed by atoms with van der Waals surface area (Å²) in [5.74, 6) is -1.85. The molecule has 1 N–H and O–H groups in total. The van der Waals surface area contributed by atoms with Crippen LogP contribution in [0.15, 0.2) is 24.3 Å². The summed E-state index contributed by atoms with van der Waals surface area (Å²) < 4.78 is 0. The number of carbonyl (C=O) groups is 2. The minimum atomic E-state index is -0.866. The zero-order valence-corrected chi connectivity index (χ0v) is 9.98. The Morgan fingerprint density at radius 2 is 1.71 bits per heavy atom. The van der Waals surface area contributed by atoms with Gasteiger partial charge in [-0.3, -0.25) is 9.59 Å². The van der Waals surface area contributed by atoms with Crippen molar-refractivity contribution in [2.45, 2.75) is 19.3 Å². The van der Waals surface area contributed by atoms with Crippen molar-refractivity contribution in [3.8, 4) is 0 Å². The fraction of sp³-hybridized carbons (Fsp3) is 0.385. The van der Waals surface area contributed by atoms with Crippen LogP contribution in [0.3, 0.4) is 0 Å². The van der Waals surface area contributed by atoms with Crippen LogP contribution in [-0.4, -0.2) is 16.9 Å². The molecule has 3 nitrogen and oxygen atoms in total. The van der Waals surface area contributed by atoms with E-state index in [-0.39, 0.29) is 11.7 Å². The van der Waals surface area contributed by atoms with Crippen LogP contribution in [0.25, 0.3) is 0 Å². The van der Waals surface area contributed by atoms with Gasteiger partial charge in [0.1, 0.15) is 0 Å². The molecule has 0 saturated heterocycles. The largest absolute Gasteiger partial charge is 0.481 e. The van der Waals surface area contributed by atoms with E-state index in [0.29, 0.717) is 23.4 Å². The smallest absolute Gasteiger partial charge is 0.307 e. The lowest BCUT2D eigenvalue weighted by Crippen LogP contribution is -2.25. The SMILES string of the molecule is O=C(O)[C@H]1CCC[C@H]1C(=O)c1ccc(Cl)cc1. The van der Waals surface area contributed by atoms with Gasteiger partial charge in [0.2, 0.25) is 0 Å². The van der Waals surface area contributed by atoms with Crippen LogP contribution in [0.1, 0.15) is 29.6 Å². The third-order valence-electron chi connectivity index (χ3n) is 3.30. The number of halogens is 1. The Hall–Kier alpha value is -1.35. The maximum atomic E-state index is 12.2. The molecule has 1 aromatic carbocycles. The molecule has 17 heavy (non-hydrogen) atoms. The van der Waals surface area contributed by atoms with Crippen molar-refractivity contribution < 1.29 is 14.7 Å². The molecule has 1 saturated carbocycles. The Kier molecular flexibility index (Phi) is 3.48. The summed E-state index contributed by atoms with van der Waals surface area (Å²) in [6.45, 7) is 0. The highest BCUT2D eigenvalue weighted by atomic mass is 35.5. The van der Waals surface area contributed by atoms with Crippen molar-refractivity contribution in [2.75, 3.05) is 0 Å². The number of hydrogen-bond acceptors (Lipinski definition) is 2. The lowest BCUT2D eigenvalue weighted by atomic mass is 9.88. The molecule has 1 aliphatic rings. The number of carboxylic acids is 1. The molecule has 0 bridgehead atoms. The van der Waals surface area contributed by atoms with E-state index in [1.807, 2.05) is 0 Å². The van der Waals surface area contributed by atoms with Crippen molar-refractivity contribution >= 4 is 23.4 Å². The summed E-state index contributed by atoms with van der Waals surface area (Å²) in [5.41, 5.74) is 0.549. The van der Waals surface area contributed by atoms with Crippen LogP contribution < -0.4 is 0 Å². The number of carbonyl (C=O) groups excluding carboxylic acids is 1. The first-order valence-electron chi connectivity index (χ1n) is 5.62. The summed E-state index contributed by atoms with van der Waals surface area (Å²) in [6, 6.07) is 6.61. The third-order valence-corrected chi connectivity index (χ3v) is 3.55. The Morgan fingerprint density at radius 3 is 2.29 bits per heavy atom. The highest BCUT2D eigenvalue weighted by molar-refractivity contribution is 6.30. The van der Waals surface area contributed by atoms with Gasteiger partial charge in [0, 0.05) is 16.5 Å². The van der Waals surface area contributed by atoms with Crippen LogP contribution in [0.5, 0.6) is 0 Å². The van der Waals surface area contributed by atoms with E-state index in [1.54, 1.807) is 24.3 Å². The Morgan fingerprint density at radius 1 is 1.12 bits per heavy atom. The van der Waals surface area contributed by atoms with Crippen molar-refractivity contribution in [2.24, 2.45) is 11.8 Å². The van der Waals surface area contributed by atoms with Crippen molar-refractivity contribution in [3.63, 3.8) is 0 Å². The summed E-state index contributed by atoms with van der Waals surface area (Å²) >= 11 is 5.75. The van der Waals surface area contributed by atoms with Crippen LogP contribution in [0, 0.1) is 11.8 Å². The average Bonchev–Trinajstić information content (AvgIpc) is 2.78. The molecule has 2 atom stereocenters. The van der Waals surface area contributed by atoms with Gasteiger partial charge in [0.15, 0.2) is 5.78 Å². The molecule has 0 spiro atoms. The molecular weight excluding hydrogens is 240 g/mol. The van der Waals surface area contributed by atoms with Crippen molar-refractivity contribution in [1.29, 1.82) is 0 Å². The number of ketones is 1. The second-order valence-electron chi connectivity index (χ2n) is 4.35. The molecule has 0 aliphatic heterocycles. The van der Waals surface area contributed by atoms with E-state index in [4.69, 9.17) is 16.7 Å². The molecule has 0 radical (unpaired) electrons. The first-order chi connectivity index (χ1) is 8.09. The fourth-order valence-corrected chi connectivity index (χ4v) is 2.52. The number of rotatable bonds is 3. The quantitative estimate of drug-likeness (QED) is 0.842. The van der Waals surface area contributed by atoms with Crippen LogP contribution in [-0.2, 0) is 4.79 Å². The number of carboxylic acid groups (broad SMARTS) is 1. The molecule has 2 rings (SSSR count). The molecule has 1 fully saturated rings. The second-order valence-corrected chi connectivity index (χ2v) is 4.79. The summed E-state index contributed by atoms with van der Waals surface area (Å²) in [6.07, 6.45) is 2.07. The monoisotopic (exact) mass is 252 g/mol. The summed E-state index contributed by atoms with van der Waals surface area (Å²) in [4.78, 5) is 23.2. The van der Waals surface area contributed by atoms with Gasteiger partial charge in [-0.2, -0.15) is 0 Å². The topological polar surface area (TPSA) is 54.4 Å². The number of aliphatic carboxylic acids is 1. The van der Waals surface area contributed by atoms with Crippen LogP contribution >= 0.6 is 11.6 Å². The zero-order valence-electron chi connectivity index (χ0n) is 9.23. The summed E-state index contributed by atoms with van der Waals surface area (Å²) in [7, 11) is 0. The molecule has 0 aromatic heterocycles. The molecule has 1 aromatic rings. The maximum Gasteiger partial charge on any atom is 0.307 e. The molecule has 90 valence electrons. The predicted octanol–water partition coefficient (Wildman–Crippen LogP) is 3.02. The predicted molar refractivity (Wildman–Crippen MR) is 64.2 cm³/mol. The number of hydrogen-bond donors (Lipinski definition) is 1. The molecule has 0 amide bonds. The van der Waals surface area contributed by atoms with Crippen LogP contribution in [0.4, 0.5) is 0 Å². The minimum Gasteiger partial charge on any atom is -0.481 e. The first-order valence-corrected chi connectivity index (χ1v) is 6.00. The molecule has 4 heteroatoms. The zero-order chi connectivity index (χ0) is 12.4. The highest BCUT2D eigenvalue weighted by Gasteiger charge is 2.37. The van der Waals surface area contributed by atoms with E-state index in [2.05, 4.69) is 0 Å². The van der Waals surface area contributed by atoms with Gasteiger partial charge in [-0.25, -0.2) is 0 Å². The van der Waals surface area contributed by atoms with Gasteiger partial charge in [-0.15, -0.1) is 0 Å². The van der Waals surface area contributed by atoms with Crippen molar-refractivity contribution in [3.05, 3.63) is 34.9 Å². The lowest BCUT2D eigenvalue weighted by Gasteiger charge is -2.14. The lowest BCUT2D eigenvalue weighted by molar-refractivity contribution is -0.142. The van der Waals surface area contributed by atoms with Gasteiger partial charge in [0.25, 0.3) is 0 Å². The van der Waals surface area contributed by atoms with E-state index >= 15 is 0 Å². The van der Waals surface area contributed by atoms with E-state index in [1.165, 1.54) is 0 Å². The number of Topliss-reactive ketones (excluding diaryl/α,β-unsaturated/α-hetero) is 1. The molecule has 0 heterocycles. The third kappa shape index (κ3) is 2.50. The fourth-order valence-electron chi connectivity index (χ4n) is 2.40. The highest BCUT2D eigenvalue weighted by Crippen LogP contribution is 2.34. The Labute approximate surface area is 104 Å². The van der Waals surface area contributed by atoms with E-state index < -0.39 is 11.9 Å². The van der Waals surface area contributed by atoms with Gasteiger partial charge >= 0.3 is 5.97 Å². The average molecular weight is 253 g/mol. The Balaban J connectivity index is 2.19. The summed E-state index contributed by atoms with van der Waals surface area (Å²) in [5, 5.41) is 9.62. The van der Waals surface area contributed by atoms with Crippen LogP contribution in [0.2, 0.25) is 5.02 Å². The van der Waals surface area contributed by atoms with Crippen molar-refractivity contribution in [1.82, 2.24) is 0 Å². The number of benzene rings is 1.